The minimum absolute atomic E-state index is 0.363. The maximum atomic E-state index is 10.4. The fourth-order valence-corrected chi connectivity index (χ4v) is 2.31. The van der Waals surface area contributed by atoms with E-state index >= 15 is 0 Å². The van der Waals surface area contributed by atoms with Crippen LogP contribution in [-0.4, -0.2) is 15.8 Å². The zero-order valence-corrected chi connectivity index (χ0v) is 7.15. The molecule has 1 aliphatic heterocycles. The summed E-state index contributed by atoms with van der Waals surface area (Å²) in [6.07, 6.45) is 0.693. The Morgan fingerprint density at radius 1 is 1.73 bits per heavy atom. The van der Waals surface area contributed by atoms with Crippen LogP contribution in [0, 0.1) is 0 Å². The maximum Gasteiger partial charge on any atom is 0.171 e. The standard InChI is InChI=1S/C6H5ClN2OS/c7-6-4(1-10)8-5-2-11-3-9(5)6/h1H,2-3H2. The largest absolute Gasteiger partial charge is 0.308 e. The number of nitrogens with zero attached hydrogens (tertiary/aromatic N) is 2. The van der Waals surface area contributed by atoms with Crippen LogP contribution in [0.2, 0.25) is 5.15 Å². The number of hydrogen-bond donors (Lipinski definition) is 0. The van der Waals surface area contributed by atoms with Crippen LogP contribution in [0.3, 0.4) is 0 Å². The lowest BCUT2D eigenvalue weighted by atomic mass is 10.5. The van der Waals surface area contributed by atoms with Gasteiger partial charge in [-0.2, -0.15) is 0 Å². The second-order valence-electron chi connectivity index (χ2n) is 2.23. The third kappa shape index (κ3) is 0.973. The minimum atomic E-state index is 0.363. The van der Waals surface area contributed by atoms with Crippen molar-refractivity contribution in [3.05, 3.63) is 16.7 Å². The lowest BCUT2D eigenvalue weighted by molar-refractivity contribution is 0.111. The van der Waals surface area contributed by atoms with Gasteiger partial charge in [-0.25, -0.2) is 4.98 Å². The molecule has 2 heterocycles. The summed E-state index contributed by atoms with van der Waals surface area (Å²) >= 11 is 7.57. The van der Waals surface area contributed by atoms with Crippen molar-refractivity contribution in [3.8, 4) is 0 Å². The Morgan fingerprint density at radius 2 is 2.55 bits per heavy atom. The van der Waals surface area contributed by atoms with Crippen LogP contribution in [0.15, 0.2) is 0 Å². The molecular formula is C6H5ClN2OS. The van der Waals surface area contributed by atoms with Crippen molar-refractivity contribution >= 4 is 29.6 Å². The highest BCUT2D eigenvalue weighted by atomic mass is 35.5. The Hall–Kier alpha value is -0.480. The molecule has 0 radical (unpaired) electrons. The van der Waals surface area contributed by atoms with E-state index in [9.17, 15) is 4.79 Å². The molecule has 1 aromatic rings. The zero-order valence-electron chi connectivity index (χ0n) is 5.58. The monoisotopic (exact) mass is 188 g/mol. The van der Waals surface area contributed by atoms with Gasteiger partial charge in [-0.3, -0.25) is 4.79 Å². The summed E-state index contributed by atoms with van der Waals surface area (Å²) in [7, 11) is 0. The molecule has 11 heavy (non-hydrogen) atoms. The molecule has 1 aliphatic rings. The summed E-state index contributed by atoms with van der Waals surface area (Å²) in [5.74, 6) is 2.57. The number of imidazole rings is 1. The molecule has 0 bridgehead atoms. The van der Waals surface area contributed by atoms with Gasteiger partial charge in [0.25, 0.3) is 0 Å². The van der Waals surface area contributed by atoms with Gasteiger partial charge >= 0.3 is 0 Å². The van der Waals surface area contributed by atoms with E-state index in [0.29, 0.717) is 17.1 Å². The molecule has 0 aliphatic carbocycles. The molecule has 1 aromatic heterocycles. The van der Waals surface area contributed by atoms with Crippen LogP contribution in [0.4, 0.5) is 0 Å². The van der Waals surface area contributed by atoms with E-state index in [0.717, 1.165) is 17.5 Å². The highest BCUT2D eigenvalue weighted by Crippen LogP contribution is 2.28. The molecule has 58 valence electrons. The normalized spacial score (nSPS) is 15.0. The van der Waals surface area contributed by atoms with Gasteiger partial charge in [0.15, 0.2) is 6.29 Å². The summed E-state index contributed by atoms with van der Waals surface area (Å²) in [4.78, 5) is 14.4. The van der Waals surface area contributed by atoms with Crippen LogP contribution < -0.4 is 0 Å². The van der Waals surface area contributed by atoms with E-state index in [-0.39, 0.29) is 0 Å². The number of carbonyl (C=O) groups excluding carboxylic acids is 1. The number of aromatic nitrogens is 2. The molecule has 0 spiro atoms. The number of halogens is 1. The average Bonchev–Trinajstić information content (AvgIpc) is 2.53. The summed E-state index contributed by atoms with van der Waals surface area (Å²) < 4.78 is 1.86. The Kier molecular flexibility index (Phi) is 1.65. The van der Waals surface area contributed by atoms with Crippen LogP contribution >= 0.6 is 23.4 Å². The second-order valence-corrected chi connectivity index (χ2v) is 3.54. The Bertz CT molecular complexity index is 310. The van der Waals surface area contributed by atoms with Crippen molar-refractivity contribution in [1.29, 1.82) is 0 Å². The van der Waals surface area contributed by atoms with Crippen molar-refractivity contribution in [2.24, 2.45) is 0 Å². The minimum Gasteiger partial charge on any atom is -0.308 e. The number of hydrogen-bond acceptors (Lipinski definition) is 3. The van der Waals surface area contributed by atoms with Crippen molar-refractivity contribution in [2.75, 3.05) is 0 Å². The average molecular weight is 189 g/mol. The predicted octanol–water partition coefficient (Wildman–Crippen LogP) is 1.55. The van der Waals surface area contributed by atoms with E-state index in [1.54, 1.807) is 11.8 Å². The topological polar surface area (TPSA) is 34.9 Å². The summed E-state index contributed by atoms with van der Waals surface area (Å²) in [5.41, 5.74) is 0.363. The molecule has 0 atom stereocenters. The Morgan fingerprint density at radius 3 is 3.18 bits per heavy atom. The number of carbonyl (C=O) groups is 1. The zero-order chi connectivity index (χ0) is 7.84. The Labute approximate surface area is 72.7 Å². The Balaban J connectivity index is 2.57. The van der Waals surface area contributed by atoms with E-state index in [4.69, 9.17) is 11.6 Å². The first-order valence-electron chi connectivity index (χ1n) is 3.10. The molecule has 3 nitrogen and oxygen atoms in total. The van der Waals surface area contributed by atoms with Gasteiger partial charge in [-0.15, -0.1) is 11.8 Å². The van der Waals surface area contributed by atoms with Crippen LogP contribution in [-0.2, 0) is 11.6 Å². The first-order chi connectivity index (χ1) is 5.33. The first kappa shape index (κ1) is 7.18. The quantitative estimate of drug-likeness (QED) is 0.628. The van der Waals surface area contributed by atoms with Gasteiger partial charge in [-0.1, -0.05) is 11.6 Å². The predicted molar refractivity (Wildman–Crippen MR) is 43.9 cm³/mol. The highest BCUT2D eigenvalue weighted by molar-refractivity contribution is 7.97. The van der Waals surface area contributed by atoms with E-state index in [2.05, 4.69) is 4.98 Å². The molecule has 0 fully saturated rings. The summed E-state index contributed by atoms with van der Waals surface area (Å²) in [6.45, 7) is 0. The molecule has 0 N–H and O–H groups in total. The highest BCUT2D eigenvalue weighted by Gasteiger charge is 2.19. The fourth-order valence-electron chi connectivity index (χ4n) is 1.04. The van der Waals surface area contributed by atoms with Crippen molar-refractivity contribution in [3.63, 3.8) is 0 Å². The van der Waals surface area contributed by atoms with Gasteiger partial charge in [0.1, 0.15) is 16.7 Å². The van der Waals surface area contributed by atoms with Crippen molar-refractivity contribution in [2.45, 2.75) is 11.6 Å². The third-order valence-corrected chi connectivity index (χ3v) is 2.87. The van der Waals surface area contributed by atoms with Crippen molar-refractivity contribution < 1.29 is 4.79 Å². The lowest BCUT2D eigenvalue weighted by Gasteiger charge is -1.93. The molecule has 0 aromatic carbocycles. The molecule has 0 saturated carbocycles. The number of aldehydes is 1. The van der Waals surface area contributed by atoms with Gasteiger partial charge < -0.3 is 4.57 Å². The van der Waals surface area contributed by atoms with E-state index < -0.39 is 0 Å². The number of rotatable bonds is 1. The van der Waals surface area contributed by atoms with Crippen LogP contribution in [0.1, 0.15) is 16.3 Å². The van der Waals surface area contributed by atoms with Crippen molar-refractivity contribution in [1.82, 2.24) is 9.55 Å². The van der Waals surface area contributed by atoms with Gasteiger partial charge in [0.05, 0.1) is 11.6 Å². The third-order valence-electron chi connectivity index (χ3n) is 1.57. The molecular weight excluding hydrogens is 184 g/mol. The summed E-state index contributed by atoms with van der Waals surface area (Å²) in [6, 6.07) is 0. The van der Waals surface area contributed by atoms with Crippen LogP contribution in [0.25, 0.3) is 0 Å². The van der Waals surface area contributed by atoms with Crippen LogP contribution in [0.5, 0.6) is 0 Å². The molecule has 2 rings (SSSR count). The van der Waals surface area contributed by atoms with Gasteiger partial charge in [-0.05, 0) is 0 Å². The molecule has 0 unspecified atom stereocenters. The SMILES string of the molecule is O=Cc1nc2n(c1Cl)CSC2. The first-order valence-corrected chi connectivity index (χ1v) is 4.64. The van der Waals surface area contributed by atoms with E-state index in [1.165, 1.54) is 0 Å². The second kappa shape index (κ2) is 2.53. The van der Waals surface area contributed by atoms with E-state index in [1.807, 2.05) is 4.57 Å². The summed E-state index contributed by atoms with van der Waals surface area (Å²) in [5, 5.41) is 0.472. The fraction of sp³-hybridized carbons (Fsp3) is 0.333. The lowest BCUT2D eigenvalue weighted by Crippen LogP contribution is -1.90. The molecule has 5 heteroatoms. The number of thioether (sulfide) groups is 1. The number of fused-ring (bicyclic) bond motifs is 1. The molecule has 0 saturated heterocycles. The van der Waals surface area contributed by atoms with Gasteiger partial charge in [0.2, 0.25) is 0 Å². The molecule has 0 amide bonds. The maximum absolute atomic E-state index is 10.4. The smallest absolute Gasteiger partial charge is 0.171 e. The van der Waals surface area contributed by atoms with Gasteiger partial charge in [0, 0.05) is 0 Å².